The molecule has 2 aromatic rings. The molecule has 116 valence electrons. The molecule has 2 aliphatic rings. The lowest BCUT2D eigenvalue weighted by Crippen LogP contribution is -2.34. The first-order valence-corrected chi connectivity index (χ1v) is 7.85. The Kier molecular flexibility index (Phi) is 3.30. The fourth-order valence-corrected chi connectivity index (χ4v) is 3.30. The zero-order valence-corrected chi connectivity index (χ0v) is 13.1. The Balaban J connectivity index is 1.56. The second-order valence-corrected chi connectivity index (χ2v) is 6.00. The van der Waals surface area contributed by atoms with E-state index in [0.29, 0.717) is 13.2 Å². The number of para-hydroxylation sites is 1. The van der Waals surface area contributed by atoms with E-state index in [9.17, 15) is 0 Å². The smallest absolute Gasteiger partial charge is 0.165 e. The minimum atomic E-state index is 0.632. The maximum Gasteiger partial charge on any atom is 0.165 e. The highest BCUT2D eigenvalue weighted by Gasteiger charge is 2.23. The topological polar surface area (TPSA) is 39.5 Å². The summed E-state index contributed by atoms with van der Waals surface area (Å²) in [6, 6.07) is 6.15. The van der Waals surface area contributed by atoms with E-state index in [4.69, 9.17) is 14.5 Å². The van der Waals surface area contributed by atoms with Crippen LogP contribution in [0.2, 0.25) is 0 Å². The Bertz CT molecular complexity index is 708. The molecule has 0 unspecified atom stereocenters. The van der Waals surface area contributed by atoms with Crippen molar-refractivity contribution in [3.63, 3.8) is 0 Å². The van der Waals surface area contributed by atoms with Crippen molar-refractivity contribution in [3.05, 3.63) is 41.0 Å². The minimum Gasteiger partial charge on any atom is -0.486 e. The van der Waals surface area contributed by atoms with Gasteiger partial charge < -0.3 is 14.0 Å². The molecule has 0 bridgehead atoms. The van der Waals surface area contributed by atoms with Gasteiger partial charge in [0, 0.05) is 30.9 Å². The van der Waals surface area contributed by atoms with Crippen LogP contribution in [-0.2, 0) is 19.6 Å². The Labute approximate surface area is 130 Å². The van der Waals surface area contributed by atoms with Crippen LogP contribution in [0.4, 0.5) is 0 Å². The van der Waals surface area contributed by atoms with E-state index in [1.807, 2.05) is 12.1 Å². The molecule has 22 heavy (non-hydrogen) atoms. The van der Waals surface area contributed by atoms with Gasteiger partial charge in [-0.1, -0.05) is 12.1 Å². The maximum atomic E-state index is 5.82. The van der Waals surface area contributed by atoms with E-state index in [-0.39, 0.29) is 0 Å². The van der Waals surface area contributed by atoms with Crippen LogP contribution < -0.4 is 9.47 Å². The predicted molar refractivity (Wildman–Crippen MR) is 83.2 cm³/mol. The lowest BCUT2D eigenvalue weighted by Gasteiger charge is -2.29. The molecular weight excluding hydrogens is 278 g/mol. The lowest BCUT2D eigenvalue weighted by molar-refractivity contribution is 0.162. The second-order valence-electron chi connectivity index (χ2n) is 6.00. The van der Waals surface area contributed by atoms with Gasteiger partial charge in [-0.2, -0.15) is 0 Å². The predicted octanol–water partition coefficient (Wildman–Crippen LogP) is 2.29. The molecule has 1 aromatic carbocycles. The molecule has 1 aromatic heterocycles. The van der Waals surface area contributed by atoms with Gasteiger partial charge in [0.1, 0.15) is 19.0 Å². The highest BCUT2D eigenvalue weighted by Crippen LogP contribution is 2.34. The summed E-state index contributed by atoms with van der Waals surface area (Å²) in [7, 11) is 0. The first-order valence-electron chi connectivity index (χ1n) is 7.85. The van der Waals surface area contributed by atoms with Crippen LogP contribution >= 0.6 is 0 Å². The molecule has 4 rings (SSSR count). The molecule has 0 fully saturated rings. The molecule has 0 saturated carbocycles. The third-order valence-electron chi connectivity index (χ3n) is 4.58. The summed E-state index contributed by atoms with van der Waals surface area (Å²) < 4.78 is 13.8. The van der Waals surface area contributed by atoms with Crippen molar-refractivity contribution in [2.24, 2.45) is 0 Å². The summed E-state index contributed by atoms with van der Waals surface area (Å²) in [6.45, 7) is 9.31. The van der Waals surface area contributed by atoms with Crippen molar-refractivity contribution in [2.45, 2.75) is 33.5 Å². The molecule has 0 radical (unpaired) electrons. The number of aryl methyl sites for hydroxylation is 1. The van der Waals surface area contributed by atoms with E-state index in [0.717, 1.165) is 43.4 Å². The van der Waals surface area contributed by atoms with Crippen molar-refractivity contribution in [1.29, 1.82) is 0 Å². The number of fused-ring (bicyclic) bond motifs is 2. The summed E-state index contributed by atoms with van der Waals surface area (Å²) in [4.78, 5) is 7.12. The second kappa shape index (κ2) is 5.32. The van der Waals surface area contributed by atoms with Crippen LogP contribution in [0.5, 0.6) is 11.5 Å². The van der Waals surface area contributed by atoms with Crippen LogP contribution in [0, 0.1) is 13.8 Å². The third-order valence-corrected chi connectivity index (χ3v) is 4.58. The summed E-state index contributed by atoms with van der Waals surface area (Å²) in [5, 5.41) is 0. The van der Waals surface area contributed by atoms with Gasteiger partial charge in [0.05, 0.1) is 12.2 Å². The number of nitrogens with zero attached hydrogens (tertiary/aromatic N) is 3. The highest BCUT2D eigenvalue weighted by atomic mass is 16.6. The minimum absolute atomic E-state index is 0.632. The summed E-state index contributed by atoms with van der Waals surface area (Å²) in [6.07, 6.45) is 0. The van der Waals surface area contributed by atoms with Crippen molar-refractivity contribution in [2.75, 3.05) is 19.8 Å². The van der Waals surface area contributed by atoms with Gasteiger partial charge in [-0.25, -0.2) is 4.98 Å². The number of imidazole rings is 1. The van der Waals surface area contributed by atoms with Gasteiger partial charge in [0.25, 0.3) is 0 Å². The average molecular weight is 299 g/mol. The summed E-state index contributed by atoms with van der Waals surface area (Å²) in [5.41, 5.74) is 3.64. The number of aromatic nitrogens is 2. The zero-order valence-electron chi connectivity index (χ0n) is 13.1. The molecule has 0 spiro atoms. The molecular formula is C17H21N3O2. The van der Waals surface area contributed by atoms with Gasteiger partial charge in [-0.15, -0.1) is 0 Å². The van der Waals surface area contributed by atoms with E-state index in [2.05, 4.69) is 29.4 Å². The normalized spacial score (nSPS) is 17.4. The number of hydrogen-bond donors (Lipinski definition) is 0. The average Bonchev–Trinajstić information content (AvgIpc) is 2.82. The van der Waals surface area contributed by atoms with Gasteiger partial charge in [0.2, 0.25) is 0 Å². The molecule has 0 amide bonds. The fourth-order valence-electron chi connectivity index (χ4n) is 3.30. The SMILES string of the molecule is Cc1nc2n(c1C)CCN(Cc1cccc3c1OCCO3)C2. The molecule has 0 saturated heterocycles. The van der Waals surface area contributed by atoms with Crippen molar-refractivity contribution >= 4 is 0 Å². The Morgan fingerprint density at radius 1 is 1.14 bits per heavy atom. The number of hydrogen-bond acceptors (Lipinski definition) is 4. The molecule has 5 heteroatoms. The molecule has 2 aliphatic heterocycles. The molecule has 0 atom stereocenters. The monoisotopic (exact) mass is 299 g/mol. The molecule has 3 heterocycles. The molecule has 0 aliphatic carbocycles. The largest absolute Gasteiger partial charge is 0.486 e. The van der Waals surface area contributed by atoms with Gasteiger partial charge in [0.15, 0.2) is 11.5 Å². The summed E-state index contributed by atoms with van der Waals surface area (Å²) in [5.74, 6) is 2.95. The number of ether oxygens (including phenoxy) is 2. The highest BCUT2D eigenvalue weighted by molar-refractivity contribution is 5.47. The van der Waals surface area contributed by atoms with Crippen molar-refractivity contribution < 1.29 is 9.47 Å². The van der Waals surface area contributed by atoms with Crippen LogP contribution in [0.1, 0.15) is 22.8 Å². The van der Waals surface area contributed by atoms with Crippen molar-refractivity contribution in [3.8, 4) is 11.5 Å². The standard InChI is InChI=1S/C17H21N3O2/c1-12-13(2)20-7-6-19(11-16(20)18-12)10-14-4-3-5-15-17(14)22-9-8-21-15/h3-5H,6-11H2,1-2H3. The van der Waals surface area contributed by atoms with Crippen molar-refractivity contribution in [1.82, 2.24) is 14.5 Å². The van der Waals surface area contributed by atoms with Crippen LogP contribution in [0.25, 0.3) is 0 Å². The van der Waals surface area contributed by atoms with E-state index in [1.165, 1.54) is 17.1 Å². The Hall–Kier alpha value is -2.01. The lowest BCUT2D eigenvalue weighted by atomic mass is 10.1. The molecule has 0 N–H and O–H groups in total. The van der Waals surface area contributed by atoms with E-state index < -0.39 is 0 Å². The van der Waals surface area contributed by atoms with Crippen LogP contribution in [0.3, 0.4) is 0 Å². The quantitative estimate of drug-likeness (QED) is 0.853. The maximum absolute atomic E-state index is 5.82. The first kappa shape index (κ1) is 13.6. The van der Waals surface area contributed by atoms with Gasteiger partial charge >= 0.3 is 0 Å². The van der Waals surface area contributed by atoms with E-state index >= 15 is 0 Å². The first-order chi connectivity index (χ1) is 10.7. The molecule has 5 nitrogen and oxygen atoms in total. The van der Waals surface area contributed by atoms with Crippen LogP contribution in [-0.4, -0.2) is 34.2 Å². The summed E-state index contributed by atoms with van der Waals surface area (Å²) >= 11 is 0. The van der Waals surface area contributed by atoms with Gasteiger partial charge in [-0.05, 0) is 19.9 Å². The third kappa shape index (κ3) is 2.25. The van der Waals surface area contributed by atoms with Crippen LogP contribution in [0.15, 0.2) is 18.2 Å². The van der Waals surface area contributed by atoms with E-state index in [1.54, 1.807) is 0 Å². The fraction of sp³-hybridized carbons (Fsp3) is 0.471. The zero-order chi connectivity index (χ0) is 15.1. The Morgan fingerprint density at radius 2 is 2.00 bits per heavy atom. The number of benzene rings is 1. The Morgan fingerprint density at radius 3 is 2.91 bits per heavy atom. The van der Waals surface area contributed by atoms with Gasteiger partial charge in [-0.3, -0.25) is 4.90 Å². The number of rotatable bonds is 2.